The number of ether oxygens (including phenoxy) is 4. The number of urea groups is 1. The van der Waals surface area contributed by atoms with E-state index < -0.39 is 30.2 Å². The van der Waals surface area contributed by atoms with Gasteiger partial charge in [0.05, 0.1) is 49.2 Å². The molecular formula is C30H31ClN4O9. The summed E-state index contributed by atoms with van der Waals surface area (Å²) in [5, 5.41) is 19.9. The molecule has 0 radical (unpaired) electrons. The maximum Gasteiger partial charge on any atom is 0.339 e. The summed E-state index contributed by atoms with van der Waals surface area (Å²) in [4.78, 5) is 36.5. The zero-order valence-corrected chi connectivity index (χ0v) is 25.1. The summed E-state index contributed by atoms with van der Waals surface area (Å²) in [6.07, 6.45) is 0.167. The Balaban J connectivity index is 1.39. The van der Waals surface area contributed by atoms with Crippen molar-refractivity contribution in [3.05, 3.63) is 81.7 Å². The first kappa shape index (κ1) is 31.9. The van der Waals surface area contributed by atoms with Crippen LogP contribution in [-0.4, -0.2) is 63.0 Å². The highest BCUT2D eigenvalue weighted by molar-refractivity contribution is 6.33. The summed E-state index contributed by atoms with van der Waals surface area (Å²) in [6, 6.07) is 11.9. The molecule has 1 aromatic heterocycles. The first-order valence-corrected chi connectivity index (χ1v) is 13.7. The Morgan fingerprint density at radius 2 is 1.86 bits per heavy atom. The molecular weight excluding hydrogens is 596 g/mol. The standard InChI is InChI=1S/C30H31ClN4O9/c1-5-42-24-13-18(27-26(29(38)41-4)16(2)33-30(39)34-27)7-10-23(24)43-15-25(36)35-32-14-19-8-11-22(44-19)17-6-9-21(31)20(12-17)28(37)40-3/h6-14,25,27,35-36H,5,15H2,1-4H3,(H2,33,34,39)/b32-14+/t25-,27+/m0/s1. The average molecular weight is 627 g/mol. The maximum absolute atomic E-state index is 12.4. The van der Waals surface area contributed by atoms with Gasteiger partial charge < -0.3 is 39.1 Å². The lowest BCUT2D eigenvalue weighted by molar-refractivity contribution is -0.136. The lowest BCUT2D eigenvalue weighted by atomic mass is 9.95. The molecule has 2 amide bonds. The maximum atomic E-state index is 12.4. The van der Waals surface area contributed by atoms with E-state index >= 15 is 0 Å². The van der Waals surface area contributed by atoms with E-state index in [1.54, 1.807) is 62.4 Å². The topological polar surface area (TPSA) is 170 Å². The van der Waals surface area contributed by atoms with E-state index in [4.69, 9.17) is 35.0 Å². The molecule has 4 rings (SSSR count). The summed E-state index contributed by atoms with van der Waals surface area (Å²) >= 11 is 6.08. The van der Waals surface area contributed by atoms with Gasteiger partial charge in [0.2, 0.25) is 0 Å². The number of halogens is 1. The highest BCUT2D eigenvalue weighted by Gasteiger charge is 2.32. The number of hydrogen-bond donors (Lipinski definition) is 4. The van der Waals surface area contributed by atoms with Gasteiger partial charge in [-0.3, -0.25) is 5.43 Å². The average Bonchev–Trinajstić information content (AvgIpc) is 3.48. The minimum absolute atomic E-state index is 0.197. The van der Waals surface area contributed by atoms with Gasteiger partial charge in [-0.1, -0.05) is 17.7 Å². The molecule has 0 aliphatic carbocycles. The molecule has 0 unspecified atom stereocenters. The van der Waals surface area contributed by atoms with Crippen molar-refractivity contribution in [2.75, 3.05) is 27.4 Å². The van der Waals surface area contributed by atoms with Crippen molar-refractivity contribution in [3.63, 3.8) is 0 Å². The number of nitrogens with zero attached hydrogens (tertiary/aromatic N) is 1. The van der Waals surface area contributed by atoms with Gasteiger partial charge in [-0.05, 0) is 61.9 Å². The van der Waals surface area contributed by atoms with E-state index in [-0.39, 0.29) is 22.8 Å². The number of allylic oxidation sites excluding steroid dienone is 1. The van der Waals surface area contributed by atoms with Crippen LogP contribution in [0.3, 0.4) is 0 Å². The Kier molecular flexibility index (Phi) is 10.5. The minimum Gasteiger partial charge on any atom is -0.490 e. The third kappa shape index (κ3) is 7.49. The van der Waals surface area contributed by atoms with Crippen molar-refractivity contribution >= 4 is 35.8 Å². The predicted octanol–water partition coefficient (Wildman–Crippen LogP) is 3.91. The molecule has 2 atom stereocenters. The lowest BCUT2D eigenvalue weighted by Gasteiger charge is -2.28. The molecule has 1 aliphatic rings. The molecule has 0 fully saturated rings. The second kappa shape index (κ2) is 14.4. The van der Waals surface area contributed by atoms with Gasteiger partial charge in [0.1, 0.15) is 18.1 Å². The van der Waals surface area contributed by atoms with Crippen LogP contribution in [0.5, 0.6) is 11.5 Å². The van der Waals surface area contributed by atoms with Gasteiger partial charge in [0.25, 0.3) is 0 Å². The number of carbonyl (C=O) groups is 3. The lowest BCUT2D eigenvalue weighted by Crippen LogP contribution is -2.45. The Labute approximate surface area is 257 Å². The van der Waals surface area contributed by atoms with E-state index in [2.05, 4.69) is 21.2 Å². The molecule has 2 aromatic carbocycles. The molecule has 2 heterocycles. The fourth-order valence-corrected chi connectivity index (χ4v) is 4.53. The van der Waals surface area contributed by atoms with Crippen molar-refractivity contribution in [3.8, 4) is 22.8 Å². The number of hydrazone groups is 1. The fraction of sp³-hybridized carbons (Fsp3) is 0.267. The molecule has 4 N–H and O–H groups in total. The molecule has 13 nitrogen and oxygen atoms in total. The van der Waals surface area contributed by atoms with Crippen molar-refractivity contribution in [2.45, 2.75) is 26.1 Å². The molecule has 0 saturated carbocycles. The van der Waals surface area contributed by atoms with Crippen molar-refractivity contribution < 1.29 is 42.9 Å². The van der Waals surface area contributed by atoms with Crippen molar-refractivity contribution in [1.29, 1.82) is 0 Å². The summed E-state index contributed by atoms with van der Waals surface area (Å²) < 4.78 is 26.9. The molecule has 232 valence electrons. The highest BCUT2D eigenvalue weighted by Crippen LogP contribution is 2.35. The van der Waals surface area contributed by atoms with Crippen LogP contribution < -0.4 is 25.5 Å². The predicted molar refractivity (Wildman–Crippen MR) is 159 cm³/mol. The summed E-state index contributed by atoms with van der Waals surface area (Å²) in [6.45, 7) is 3.52. The molecule has 3 aromatic rings. The Bertz CT molecular complexity index is 1600. The van der Waals surface area contributed by atoms with E-state index in [1.807, 2.05) is 0 Å². The normalized spacial score (nSPS) is 15.3. The van der Waals surface area contributed by atoms with E-state index in [9.17, 15) is 19.5 Å². The molecule has 1 aliphatic heterocycles. The second-order valence-electron chi connectivity index (χ2n) is 9.30. The van der Waals surface area contributed by atoms with E-state index in [0.29, 0.717) is 46.5 Å². The molecule has 0 spiro atoms. The molecule has 0 saturated heterocycles. The van der Waals surface area contributed by atoms with Crippen LogP contribution in [0.15, 0.2) is 69.3 Å². The number of furan rings is 1. The van der Waals surface area contributed by atoms with Crippen LogP contribution in [0, 0.1) is 0 Å². The minimum atomic E-state index is -1.20. The van der Waals surface area contributed by atoms with Crippen molar-refractivity contribution in [2.24, 2.45) is 5.10 Å². The number of nitrogens with one attached hydrogen (secondary N) is 3. The Morgan fingerprint density at radius 3 is 2.59 bits per heavy atom. The summed E-state index contributed by atoms with van der Waals surface area (Å²) in [5.74, 6) is 0.367. The molecule has 14 heteroatoms. The largest absolute Gasteiger partial charge is 0.490 e. The molecule has 44 heavy (non-hydrogen) atoms. The third-order valence-electron chi connectivity index (χ3n) is 6.37. The Hall–Kier alpha value is -5.01. The van der Waals surface area contributed by atoms with Crippen LogP contribution >= 0.6 is 11.6 Å². The first-order valence-electron chi connectivity index (χ1n) is 13.4. The number of methoxy groups -OCH3 is 2. The SMILES string of the molecule is CCOc1cc([C@H]2NC(=O)NC(C)=C2C(=O)OC)ccc1OC[C@H](O)N/N=C/c1ccc(-c2ccc(Cl)c(C(=O)OC)c2)o1. The smallest absolute Gasteiger partial charge is 0.339 e. The monoisotopic (exact) mass is 626 g/mol. The van der Waals surface area contributed by atoms with Gasteiger partial charge in [-0.2, -0.15) is 5.10 Å². The van der Waals surface area contributed by atoms with Gasteiger partial charge in [0.15, 0.2) is 17.7 Å². The van der Waals surface area contributed by atoms with E-state index in [1.165, 1.54) is 20.4 Å². The van der Waals surface area contributed by atoms with Crippen LogP contribution in [-0.2, 0) is 14.3 Å². The van der Waals surface area contributed by atoms with Gasteiger partial charge in [0, 0.05) is 11.3 Å². The highest BCUT2D eigenvalue weighted by atomic mass is 35.5. The third-order valence-corrected chi connectivity index (χ3v) is 6.70. The van der Waals surface area contributed by atoms with E-state index in [0.717, 1.165) is 0 Å². The number of aliphatic hydroxyl groups excluding tert-OH is 1. The van der Waals surface area contributed by atoms with Crippen molar-refractivity contribution in [1.82, 2.24) is 16.1 Å². The number of carbonyl (C=O) groups excluding carboxylic acids is 3. The Morgan fingerprint density at radius 1 is 1.09 bits per heavy atom. The number of benzene rings is 2. The van der Waals surface area contributed by atoms with Crippen LogP contribution in [0.4, 0.5) is 4.79 Å². The van der Waals surface area contributed by atoms with Crippen LogP contribution in [0.1, 0.15) is 41.6 Å². The van der Waals surface area contributed by atoms with Crippen LogP contribution in [0.25, 0.3) is 11.3 Å². The summed E-state index contributed by atoms with van der Waals surface area (Å²) in [5.41, 5.74) is 4.57. The second-order valence-corrected chi connectivity index (χ2v) is 9.71. The number of hydrogen-bond acceptors (Lipinski definition) is 11. The number of amides is 2. The summed E-state index contributed by atoms with van der Waals surface area (Å²) in [7, 11) is 2.53. The number of aliphatic hydroxyl groups is 1. The quantitative estimate of drug-likeness (QED) is 0.100. The number of rotatable bonds is 12. The van der Waals surface area contributed by atoms with Gasteiger partial charge in [-0.25, -0.2) is 14.4 Å². The zero-order chi connectivity index (χ0) is 31.8. The van der Waals surface area contributed by atoms with Crippen LogP contribution in [0.2, 0.25) is 5.02 Å². The van der Waals surface area contributed by atoms with Gasteiger partial charge >= 0.3 is 18.0 Å². The fourth-order valence-electron chi connectivity index (χ4n) is 4.33. The zero-order valence-electron chi connectivity index (χ0n) is 24.3. The first-order chi connectivity index (χ1) is 21.1. The molecule has 0 bridgehead atoms. The number of esters is 2. The van der Waals surface area contributed by atoms with Gasteiger partial charge in [-0.15, -0.1) is 0 Å².